The van der Waals surface area contributed by atoms with Crippen LogP contribution in [0.25, 0.3) is 0 Å². The summed E-state index contributed by atoms with van der Waals surface area (Å²) in [5, 5.41) is 12.8. The van der Waals surface area contributed by atoms with Gasteiger partial charge in [0.1, 0.15) is 18.4 Å². The standard InChI is InChI=1S/C21H19N7O3/c1-28-15-6-2-3-7-16(15)31-12-14(19(28)29)25-20(30)21(17-8-4-5-9-22-17)23-10-13-11-24-27-18(13)26-21/h2-11,14H,12H2,1H3,(H,25,30)(H2,24,26,27)/t14-,21?/m0/s1. The maximum absolute atomic E-state index is 13.6. The quantitative estimate of drug-likeness (QED) is 0.585. The van der Waals surface area contributed by atoms with Crippen LogP contribution in [-0.4, -0.2) is 52.9 Å². The summed E-state index contributed by atoms with van der Waals surface area (Å²) < 4.78 is 5.80. The molecule has 2 aromatic heterocycles. The third-order valence-corrected chi connectivity index (χ3v) is 5.30. The minimum absolute atomic E-state index is 0.0123. The molecule has 0 aliphatic carbocycles. The number of aromatic nitrogens is 3. The average Bonchev–Trinajstić information content (AvgIpc) is 3.24. The zero-order valence-corrected chi connectivity index (χ0v) is 16.6. The fourth-order valence-electron chi connectivity index (χ4n) is 3.63. The molecule has 10 nitrogen and oxygen atoms in total. The molecule has 4 heterocycles. The van der Waals surface area contributed by atoms with Crippen LogP contribution in [0.4, 0.5) is 11.5 Å². The van der Waals surface area contributed by atoms with Gasteiger partial charge < -0.3 is 20.3 Å². The zero-order chi connectivity index (χ0) is 21.4. The summed E-state index contributed by atoms with van der Waals surface area (Å²) in [7, 11) is 1.65. The molecule has 1 aromatic carbocycles. The first kappa shape index (κ1) is 18.8. The molecule has 0 bridgehead atoms. The molecule has 5 rings (SSSR count). The first-order valence-corrected chi connectivity index (χ1v) is 9.67. The first-order valence-electron chi connectivity index (χ1n) is 9.67. The van der Waals surface area contributed by atoms with E-state index < -0.39 is 17.6 Å². The second kappa shape index (κ2) is 7.24. The summed E-state index contributed by atoms with van der Waals surface area (Å²) in [5.41, 5.74) is 0.139. The number of carbonyl (C=O) groups excluding carboxylic acids is 2. The van der Waals surface area contributed by atoms with Crippen LogP contribution in [-0.2, 0) is 15.3 Å². The number of nitrogens with zero attached hydrogens (tertiary/aromatic N) is 4. The highest BCUT2D eigenvalue weighted by Gasteiger charge is 2.46. The van der Waals surface area contributed by atoms with Crippen molar-refractivity contribution in [1.82, 2.24) is 20.5 Å². The Labute approximate surface area is 177 Å². The van der Waals surface area contributed by atoms with E-state index in [4.69, 9.17) is 4.74 Å². The predicted octanol–water partition coefficient (Wildman–Crippen LogP) is 1.04. The molecule has 2 atom stereocenters. The Kier molecular flexibility index (Phi) is 4.39. The van der Waals surface area contributed by atoms with Crippen LogP contribution in [0.2, 0.25) is 0 Å². The van der Waals surface area contributed by atoms with E-state index in [1.807, 2.05) is 12.1 Å². The van der Waals surface area contributed by atoms with Gasteiger partial charge in [-0.25, -0.2) is 4.99 Å². The SMILES string of the molecule is CN1C(=O)[C@@H](NC(=O)C2(c3ccccn3)N=Cc3c[nH]nc3N2)COc2ccccc21. The lowest BCUT2D eigenvalue weighted by Gasteiger charge is -2.32. The number of anilines is 2. The molecule has 0 radical (unpaired) electrons. The van der Waals surface area contributed by atoms with E-state index in [-0.39, 0.29) is 12.5 Å². The number of carbonyl (C=O) groups is 2. The topological polar surface area (TPSA) is 125 Å². The monoisotopic (exact) mass is 417 g/mol. The minimum atomic E-state index is -1.58. The molecule has 1 unspecified atom stereocenters. The number of pyridine rings is 1. The second-order valence-corrected chi connectivity index (χ2v) is 7.20. The number of rotatable bonds is 3. The van der Waals surface area contributed by atoms with Gasteiger partial charge in [-0.05, 0) is 24.3 Å². The number of nitrogens with one attached hydrogen (secondary N) is 3. The Morgan fingerprint density at radius 2 is 2.10 bits per heavy atom. The third kappa shape index (κ3) is 3.08. The van der Waals surface area contributed by atoms with Crippen molar-refractivity contribution in [3.05, 3.63) is 66.1 Å². The lowest BCUT2D eigenvalue weighted by Crippen LogP contribution is -2.57. The number of benzene rings is 1. The Bertz CT molecular complexity index is 1180. The summed E-state index contributed by atoms with van der Waals surface area (Å²) in [4.78, 5) is 36.9. The van der Waals surface area contributed by atoms with E-state index in [0.717, 1.165) is 0 Å². The van der Waals surface area contributed by atoms with Crippen molar-refractivity contribution in [2.45, 2.75) is 11.7 Å². The maximum atomic E-state index is 13.6. The Morgan fingerprint density at radius 1 is 1.26 bits per heavy atom. The Balaban J connectivity index is 1.47. The zero-order valence-electron chi connectivity index (χ0n) is 16.6. The number of amides is 2. The highest BCUT2D eigenvalue weighted by Crippen LogP contribution is 2.33. The van der Waals surface area contributed by atoms with Gasteiger partial charge in [0, 0.05) is 25.7 Å². The average molecular weight is 417 g/mol. The fourth-order valence-corrected chi connectivity index (χ4v) is 3.63. The van der Waals surface area contributed by atoms with Gasteiger partial charge in [-0.1, -0.05) is 18.2 Å². The molecule has 156 valence electrons. The van der Waals surface area contributed by atoms with Gasteiger partial charge in [-0.3, -0.25) is 19.7 Å². The number of aliphatic imine (C=N–C) groups is 1. The highest BCUT2D eigenvalue weighted by molar-refractivity contribution is 6.03. The molecule has 10 heteroatoms. The molecule has 0 spiro atoms. The van der Waals surface area contributed by atoms with Gasteiger partial charge in [0.05, 0.1) is 16.9 Å². The molecule has 3 aromatic rings. The second-order valence-electron chi connectivity index (χ2n) is 7.20. The van der Waals surface area contributed by atoms with Crippen LogP contribution >= 0.6 is 0 Å². The molecule has 0 fully saturated rings. The molecular formula is C21H19N7O3. The number of H-pyrrole nitrogens is 1. The Morgan fingerprint density at radius 3 is 2.94 bits per heavy atom. The van der Waals surface area contributed by atoms with E-state index in [0.29, 0.717) is 28.5 Å². The molecule has 2 amide bonds. The molecule has 3 N–H and O–H groups in total. The molecule has 31 heavy (non-hydrogen) atoms. The summed E-state index contributed by atoms with van der Waals surface area (Å²) in [5.74, 6) is 0.195. The molecule has 2 aliphatic heterocycles. The largest absolute Gasteiger partial charge is 0.489 e. The van der Waals surface area contributed by atoms with Crippen LogP contribution in [0.5, 0.6) is 5.75 Å². The van der Waals surface area contributed by atoms with Crippen LogP contribution in [0.15, 0.2) is 59.9 Å². The van der Waals surface area contributed by atoms with Gasteiger partial charge in [0.15, 0.2) is 5.82 Å². The van der Waals surface area contributed by atoms with Crippen molar-refractivity contribution < 1.29 is 14.3 Å². The number of fused-ring (bicyclic) bond motifs is 2. The summed E-state index contributed by atoms with van der Waals surface area (Å²) >= 11 is 0. The smallest absolute Gasteiger partial charge is 0.275 e. The van der Waals surface area contributed by atoms with Crippen molar-refractivity contribution in [2.75, 3.05) is 23.9 Å². The van der Waals surface area contributed by atoms with E-state index in [2.05, 4.69) is 30.8 Å². The first-order chi connectivity index (χ1) is 15.1. The van der Waals surface area contributed by atoms with Crippen LogP contribution in [0, 0.1) is 0 Å². The van der Waals surface area contributed by atoms with Crippen molar-refractivity contribution in [3.63, 3.8) is 0 Å². The highest BCUT2D eigenvalue weighted by atomic mass is 16.5. The minimum Gasteiger partial charge on any atom is -0.489 e. The molecule has 0 saturated heterocycles. The van der Waals surface area contributed by atoms with Crippen molar-refractivity contribution in [2.24, 2.45) is 4.99 Å². The van der Waals surface area contributed by atoms with Crippen LogP contribution in [0.3, 0.4) is 0 Å². The van der Waals surface area contributed by atoms with Gasteiger partial charge in [-0.2, -0.15) is 5.10 Å². The number of hydrogen-bond donors (Lipinski definition) is 3. The van der Waals surface area contributed by atoms with Crippen molar-refractivity contribution >= 4 is 29.5 Å². The summed E-state index contributed by atoms with van der Waals surface area (Å²) in [6, 6.07) is 11.5. The lowest BCUT2D eigenvalue weighted by atomic mass is 10.0. The van der Waals surface area contributed by atoms with Gasteiger partial charge in [0.25, 0.3) is 17.5 Å². The van der Waals surface area contributed by atoms with Gasteiger partial charge >= 0.3 is 0 Å². The van der Waals surface area contributed by atoms with Crippen molar-refractivity contribution in [3.8, 4) is 5.75 Å². The molecular weight excluding hydrogens is 398 g/mol. The van der Waals surface area contributed by atoms with Gasteiger partial charge in [-0.15, -0.1) is 0 Å². The number of aromatic amines is 1. The van der Waals surface area contributed by atoms with E-state index in [9.17, 15) is 9.59 Å². The van der Waals surface area contributed by atoms with E-state index in [1.165, 1.54) is 4.90 Å². The number of hydrogen-bond acceptors (Lipinski definition) is 7. The molecule has 0 saturated carbocycles. The van der Waals surface area contributed by atoms with E-state index >= 15 is 0 Å². The molecule has 2 aliphatic rings. The van der Waals surface area contributed by atoms with Crippen LogP contribution < -0.4 is 20.3 Å². The van der Waals surface area contributed by atoms with E-state index in [1.54, 1.807) is 56.0 Å². The summed E-state index contributed by atoms with van der Waals surface area (Å²) in [6.45, 7) is -0.0123. The fraction of sp³-hybridized carbons (Fsp3) is 0.190. The predicted molar refractivity (Wildman–Crippen MR) is 113 cm³/mol. The third-order valence-electron chi connectivity index (χ3n) is 5.30. The summed E-state index contributed by atoms with van der Waals surface area (Å²) in [6.07, 6.45) is 4.80. The normalized spacial score (nSPS) is 21.9. The van der Waals surface area contributed by atoms with Gasteiger partial charge in [0.2, 0.25) is 0 Å². The number of likely N-dealkylation sites (N-methyl/N-ethyl adjacent to an activating group) is 1. The number of para-hydroxylation sites is 2. The Hall–Kier alpha value is -4.21. The lowest BCUT2D eigenvalue weighted by molar-refractivity contribution is -0.131. The van der Waals surface area contributed by atoms with Crippen LogP contribution in [0.1, 0.15) is 11.3 Å². The van der Waals surface area contributed by atoms with Crippen molar-refractivity contribution in [1.29, 1.82) is 0 Å². The number of ether oxygens (including phenoxy) is 1. The maximum Gasteiger partial charge on any atom is 0.275 e.